The monoisotopic (exact) mass is 642 g/mol. The Hall–Kier alpha value is -2.64. The first kappa shape index (κ1) is 29.9. The van der Waals surface area contributed by atoms with Crippen molar-refractivity contribution in [3.05, 3.63) is 98.4 Å². The Morgan fingerprint density at radius 2 is 1.61 bits per heavy atom. The Balaban J connectivity index is 1.93. The average Bonchev–Trinajstić information content (AvgIpc) is 2.84. The lowest BCUT2D eigenvalue weighted by molar-refractivity contribution is -0.143. The number of hydrogen-bond donors (Lipinski definition) is 1. The van der Waals surface area contributed by atoms with Gasteiger partial charge in [0.05, 0.1) is 4.47 Å². The molecule has 3 rings (SSSR count). The molecule has 5 nitrogen and oxygen atoms in total. The summed E-state index contributed by atoms with van der Waals surface area (Å²) in [6, 6.07) is 22.7. The molecule has 1 unspecified atom stereocenters. The number of hydrogen-bond acceptors (Lipinski definition) is 3. The van der Waals surface area contributed by atoms with Crippen molar-refractivity contribution in [2.75, 3.05) is 6.61 Å². The lowest BCUT2D eigenvalue weighted by atomic mass is 10.0. The zero-order chi connectivity index (χ0) is 27.9. The molecule has 0 heterocycles. The fourth-order valence-electron chi connectivity index (χ4n) is 4.05. The number of ether oxygens (including phenoxy) is 1. The molecule has 0 saturated heterocycles. The van der Waals surface area contributed by atoms with Crippen LogP contribution >= 0.6 is 31.9 Å². The summed E-state index contributed by atoms with van der Waals surface area (Å²) < 4.78 is 7.68. The first-order valence-electron chi connectivity index (χ1n) is 12.7. The van der Waals surface area contributed by atoms with E-state index in [1.54, 1.807) is 4.90 Å². The van der Waals surface area contributed by atoms with Crippen LogP contribution in [0.15, 0.2) is 81.7 Å². The number of nitrogens with zero attached hydrogens (tertiary/aromatic N) is 1. The molecule has 0 bridgehead atoms. The molecule has 3 aromatic rings. The van der Waals surface area contributed by atoms with Crippen LogP contribution in [0, 0.1) is 0 Å². The molecule has 0 spiro atoms. The van der Waals surface area contributed by atoms with Crippen LogP contribution in [0.2, 0.25) is 0 Å². The van der Waals surface area contributed by atoms with Crippen LogP contribution < -0.4 is 10.1 Å². The first-order valence-corrected chi connectivity index (χ1v) is 14.3. The zero-order valence-electron chi connectivity index (χ0n) is 22.6. The fourth-order valence-corrected chi connectivity index (χ4v) is 5.01. The van der Waals surface area contributed by atoms with Gasteiger partial charge in [-0.3, -0.25) is 9.59 Å². The van der Waals surface area contributed by atoms with E-state index < -0.39 is 11.6 Å². The van der Waals surface area contributed by atoms with E-state index in [9.17, 15) is 9.59 Å². The predicted octanol–water partition coefficient (Wildman–Crippen LogP) is 7.27. The van der Waals surface area contributed by atoms with E-state index in [-0.39, 0.29) is 25.0 Å². The third-order valence-corrected chi connectivity index (χ3v) is 7.10. The Bertz CT molecular complexity index is 1240. The standard InChI is InChI=1S/C31H36Br2N2O3/c1-21(2)24-14-15-28(26(33)18-24)38-20-29(36)35(19-23-12-9-13-25(32)16-23)27(30(37)34-31(3,4)5)17-22-10-7-6-8-11-22/h6-16,18,21,27H,17,19-20H2,1-5H3,(H,34,37). The topological polar surface area (TPSA) is 58.6 Å². The molecular formula is C31H36Br2N2O3. The lowest BCUT2D eigenvalue weighted by Gasteiger charge is -2.33. The molecule has 3 aromatic carbocycles. The van der Waals surface area contributed by atoms with E-state index >= 15 is 0 Å². The van der Waals surface area contributed by atoms with Gasteiger partial charge in [0.2, 0.25) is 5.91 Å². The molecule has 0 aliphatic rings. The molecule has 0 fully saturated rings. The van der Waals surface area contributed by atoms with Crippen molar-refractivity contribution in [2.45, 2.75) is 65.1 Å². The summed E-state index contributed by atoms with van der Waals surface area (Å²) >= 11 is 7.10. The molecule has 202 valence electrons. The summed E-state index contributed by atoms with van der Waals surface area (Å²) in [5.41, 5.74) is 2.61. The van der Waals surface area contributed by atoms with Gasteiger partial charge in [-0.2, -0.15) is 0 Å². The van der Waals surface area contributed by atoms with Gasteiger partial charge >= 0.3 is 0 Å². The molecular weight excluding hydrogens is 608 g/mol. The predicted molar refractivity (Wildman–Crippen MR) is 160 cm³/mol. The van der Waals surface area contributed by atoms with Crippen molar-refractivity contribution in [2.24, 2.45) is 0 Å². The fraction of sp³-hybridized carbons (Fsp3) is 0.355. The summed E-state index contributed by atoms with van der Waals surface area (Å²) in [6.45, 7) is 10.1. The summed E-state index contributed by atoms with van der Waals surface area (Å²) in [5, 5.41) is 3.08. The lowest BCUT2D eigenvalue weighted by Crippen LogP contribution is -2.55. The molecule has 0 saturated carbocycles. The minimum atomic E-state index is -0.724. The van der Waals surface area contributed by atoms with E-state index in [0.29, 0.717) is 18.1 Å². The minimum absolute atomic E-state index is 0.193. The van der Waals surface area contributed by atoms with Gasteiger partial charge in [0.25, 0.3) is 5.91 Å². The summed E-state index contributed by atoms with van der Waals surface area (Å²) in [7, 11) is 0. The number of nitrogens with one attached hydrogen (secondary N) is 1. The maximum atomic E-state index is 13.8. The molecule has 7 heteroatoms. The van der Waals surface area contributed by atoms with Gasteiger partial charge in [-0.15, -0.1) is 0 Å². The van der Waals surface area contributed by atoms with Crippen molar-refractivity contribution < 1.29 is 14.3 Å². The first-order chi connectivity index (χ1) is 17.9. The molecule has 0 aliphatic carbocycles. The van der Waals surface area contributed by atoms with E-state index in [4.69, 9.17) is 4.74 Å². The Kier molecular flexibility index (Phi) is 10.6. The van der Waals surface area contributed by atoms with Gasteiger partial charge in [0.15, 0.2) is 6.61 Å². The van der Waals surface area contributed by atoms with Gasteiger partial charge in [-0.25, -0.2) is 0 Å². The average molecular weight is 644 g/mol. The largest absolute Gasteiger partial charge is 0.483 e. The third-order valence-electron chi connectivity index (χ3n) is 5.98. The van der Waals surface area contributed by atoms with Crippen molar-refractivity contribution in [1.29, 1.82) is 0 Å². The Labute approximate surface area is 243 Å². The van der Waals surface area contributed by atoms with Gasteiger partial charge in [0.1, 0.15) is 11.8 Å². The number of carbonyl (C=O) groups excluding carboxylic acids is 2. The molecule has 1 atom stereocenters. The van der Waals surface area contributed by atoms with Crippen molar-refractivity contribution >= 4 is 43.7 Å². The highest BCUT2D eigenvalue weighted by molar-refractivity contribution is 9.10. The highest BCUT2D eigenvalue weighted by Crippen LogP contribution is 2.29. The van der Waals surface area contributed by atoms with E-state index in [0.717, 1.165) is 20.1 Å². The van der Waals surface area contributed by atoms with Crippen molar-refractivity contribution in [1.82, 2.24) is 10.2 Å². The van der Waals surface area contributed by atoms with Crippen LogP contribution in [0.5, 0.6) is 5.75 Å². The molecule has 0 radical (unpaired) electrons. The molecule has 38 heavy (non-hydrogen) atoms. The molecule has 0 aliphatic heterocycles. The summed E-state index contributed by atoms with van der Waals surface area (Å²) in [4.78, 5) is 29.1. The zero-order valence-corrected chi connectivity index (χ0v) is 25.8. The SMILES string of the molecule is CC(C)c1ccc(OCC(=O)N(Cc2cccc(Br)c2)C(Cc2ccccc2)C(=O)NC(C)(C)C)c(Br)c1. The number of halogens is 2. The van der Waals surface area contributed by atoms with E-state index in [1.807, 2.05) is 93.6 Å². The Morgan fingerprint density at radius 3 is 2.21 bits per heavy atom. The van der Waals surface area contributed by atoms with E-state index in [2.05, 4.69) is 51.0 Å². The number of rotatable bonds is 10. The number of amides is 2. The van der Waals surface area contributed by atoms with Crippen LogP contribution in [0.1, 0.15) is 57.2 Å². The van der Waals surface area contributed by atoms with Crippen LogP contribution in [0.3, 0.4) is 0 Å². The van der Waals surface area contributed by atoms with Gasteiger partial charge < -0.3 is 15.0 Å². The van der Waals surface area contributed by atoms with Gasteiger partial charge in [0, 0.05) is 23.0 Å². The number of carbonyl (C=O) groups is 2. The maximum absolute atomic E-state index is 13.8. The second kappa shape index (κ2) is 13.4. The highest BCUT2D eigenvalue weighted by atomic mass is 79.9. The number of benzene rings is 3. The van der Waals surface area contributed by atoms with Crippen LogP contribution in [-0.4, -0.2) is 34.9 Å². The summed E-state index contributed by atoms with van der Waals surface area (Å²) in [5.74, 6) is 0.494. The van der Waals surface area contributed by atoms with E-state index in [1.165, 1.54) is 5.56 Å². The smallest absolute Gasteiger partial charge is 0.261 e. The normalized spacial score (nSPS) is 12.2. The van der Waals surface area contributed by atoms with Crippen LogP contribution in [0.4, 0.5) is 0 Å². The molecule has 2 amide bonds. The molecule has 0 aromatic heterocycles. The van der Waals surface area contributed by atoms with Crippen LogP contribution in [-0.2, 0) is 22.6 Å². The maximum Gasteiger partial charge on any atom is 0.261 e. The van der Waals surface area contributed by atoms with Gasteiger partial charge in [-0.05, 0) is 83.6 Å². The third kappa shape index (κ3) is 8.98. The van der Waals surface area contributed by atoms with Crippen LogP contribution in [0.25, 0.3) is 0 Å². The minimum Gasteiger partial charge on any atom is -0.483 e. The van der Waals surface area contributed by atoms with Gasteiger partial charge in [-0.1, -0.05) is 78.3 Å². The van der Waals surface area contributed by atoms with Crippen molar-refractivity contribution in [3.63, 3.8) is 0 Å². The molecule has 1 N–H and O–H groups in total. The van der Waals surface area contributed by atoms with Crippen molar-refractivity contribution in [3.8, 4) is 5.75 Å². The summed E-state index contributed by atoms with van der Waals surface area (Å²) in [6.07, 6.45) is 0.384. The Morgan fingerprint density at radius 1 is 0.921 bits per heavy atom. The highest BCUT2D eigenvalue weighted by Gasteiger charge is 2.32. The quantitative estimate of drug-likeness (QED) is 0.253. The second-order valence-corrected chi connectivity index (χ2v) is 12.5. The second-order valence-electron chi connectivity index (χ2n) is 10.7.